The first-order valence-electron chi connectivity index (χ1n) is 6.88. The van der Waals surface area contributed by atoms with E-state index in [1.54, 1.807) is 18.2 Å². The number of amides is 1. The van der Waals surface area contributed by atoms with Crippen LogP contribution in [0.5, 0.6) is 5.75 Å². The molecule has 4 N–H and O–H groups in total. The van der Waals surface area contributed by atoms with Crippen LogP contribution in [0.25, 0.3) is 0 Å². The number of nitrogens with one attached hydrogen (secondary N) is 1. The third-order valence-corrected chi connectivity index (χ3v) is 3.53. The van der Waals surface area contributed by atoms with Crippen molar-refractivity contribution in [1.29, 1.82) is 0 Å². The standard InChI is InChI=1S/C15H20BrNO5/c1-2-22-13(5-3-4-6-14(19)17-21)15(20)11-9-10(16)7-8-12(11)18/h4,6-9,13,15,18,20-21H,2-3,5H2,1H3,(H,17,19)/b6-4+/t13-,15-/m1/s1. The number of phenols is 1. The lowest BCUT2D eigenvalue weighted by Gasteiger charge is -2.23. The van der Waals surface area contributed by atoms with Crippen molar-refractivity contribution in [2.24, 2.45) is 0 Å². The topological polar surface area (TPSA) is 99.0 Å². The smallest absolute Gasteiger partial charge is 0.267 e. The number of carbonyl (C=O) groups is 1. The van der Waals surface area contributed by atoms with Gasteiger partial charge in [-0.3, -0.25) is 10.0 Å². The lowest BCUT2D eigenvalue weighted by Crippen LogP contribution is -2.22. The van der Waals surface area contributed by atoms with Crippen molar-refractivity contribution >= 4 is 21.8 Å². The van der Waals surface area contributed by atoms with E-state index >= 15 is 0 Å². The Hall–Kier alpha value is -1.41. The molecule has 1 aromatic rings. The number of rotatable bonds is 8. The zero-order chi connectivity index (χ0) is 16.5. The average Bonchev–Trinajstić information content (AvgIpc) is 2.51. The van der Waals surface area contributed by atoms with Crippen LogP contribution in [0.2, 0.25) is 0 Å². The van der Waals surface area contributed by atoms with Crippen molar-refractivity contribution in [1.82, 2.24) is 5.48 Å². The number of hydroxylamine groups is 1. The maximum Gasteiger partial charge on any atom is 0.267 e. The molecule has 1 amide bonds. The van der Waals surface area contributed by atoms with Gasteiger partial charge >= 0.3 is 0 Å². The van der Waals surface area contributed by atoms with E-state index < -0.39 is 18.1 Å². The number of allylic oxidation sites excluding steroid dienone is 1. The highest BCUT2D eigenvalue weighted by Crippen LogP contribution is 2.31. The molecule has 2 atom stereocenters. The Morgan fingerprint density at radius 2 is 2.23 bits per heavy atom. The van der Waals surface area contributed by atoms with E-state index in [2.05, 4.69) is 15.9 Å². The second-order valence-corrected chi connectivity index (χ2v) is 5.51. The Morgan fingerprint density at radius 3 is 2.86 bits per heavy atom. The summed E-state index contributed by atoms with van der Waals surface area (Å²) in [6, 6.07) is 4.82. The van der Waals surface area contributed by atoms with E-state index in [0.717, 1.165) is 4.47 Å². The molecule has 6 nitrogen and oxygen atoms in total. The van der Waals surface area contributed by atoms with Gasteiger partial charge in [-0.2, -0.15) is 0 Å². The molecular formula is C15H20BrNO5. The lowest BCUT2D eigenvalue weighted by molar-refractivity contribution is -0.124. The third kappa shape index (κ3) is 5.76. The van der Waals surface area contributed by atoms with Crippen LogP contribution in [0.1, 0.15) is 31.4 Å². The van der Waals surface area contributed by atoms with Crippen LogP contribution in [0.3, 0.4) is 0 Å². The summed E-state index contributed by atoms with van der Waals surface area (Å²) in [4.78, 5) is 10.9. The zero-order valence-electron chi connectivity index (χ0n) is 12.2. The molecule has 0 radical (unpaired) electrons. The number of phenolic OH excluding ortho intramolecular Hbond substituents is 1. The minimum atomic E-state index is -0.988. The van der Waals surface area contributed by atoms with E-state index in [1.165, 1.54) is 17.6 Å². The number of halogens is 1. The van der Waals surface area contributed by atoms with Crippen LogP contribution in [0.4, 0.5) is 0 Å². The number of ether oxygens (including phenoxy) is 1. The number of carbonyl (C=O) groups excluding carboxylic acids is 1. The van der Waals surface area contributed by atoms with Gasteiger partial charge in [-0.25, -0.2) is 5.48 Å². The molecule has 0 saturated carbocycles. The fourth-order valence-electron chi connectivity index (χ4n) is 2.00. The number of aromatic hydroxyl groups is 1. The van der Waals surface area contributed by atoms with Crippen molar-refractivity contribution in [2.45, 2.75) is 32.0 Å². The monoisotopic (exact) mass is 373 g/mol. The van der Waals surface area contributed by atoms with Crippen molar-refractivity contribution in [3.05, 3.63) is 40.4 Å². The maximum absolute atomic E-state index is 10.9. The average molecular weight is 374 g/mol. The largest absolute Gasteiger partial charge is 0.508 e. The Bertz CT molecular complexity index is 521. The van der Waals surface area contributed by atoms with Crippen LogP contribution < -0.4 is 5.48 Å². The Labute approximate surface area is 137 Å². The molecule has 7 heteroatoms. The molecule has 0 fully saturated rings. The number of aliphatic hydroxyl groups is 1. The minimum Gasteiger partial charge on any atom is -0.508 e. The summed E-state index contributed by atoms with van der Waals surface area (Å²) >= 11 is 3.30. The molecule has 0 heterocycles. The maximum atomic E-state index is 10.9. The summed E-state index contributed by atoms with van der Waals surface area (Å²) in [6.45, 7) is 2.23. The van der Waals surface area contributed by atoms with E-state index in [-0.39, 0.29) is 5.75 Å². The molecule has 0 unspecified atom stereocenters. The van der Waals surface area contributed by atoms with E-state index in [4.69, 9.17) is 9.94 Å². The quantitative estimate of drug-likeness (QED) is 0.318. The number of hydrogen-bond donors (Lipinski definition) is 4. The van der Waals surface area contributed by atoms with Gasteiger partial charge in [-0.1, -0.05) is 22.0 Å². The first kappa shape index (κ1) is 18.6. The van der Waals surface area contributed by atoms with Gasteiger partial charge in [0.25, 0.3) is 5.91 Å². The Kier molecular flexibility index (Phi) is 8.11. The molecule has 122 valence electrons. The first-order valence-corrected chi connectivity index (χ1v) is 7.67. The van der Waals surface area contributed by atoms with E-state index in [1.807, 2.05) is 6.92 Å². The molecular weight excluding hydrogens is 354 g/mol. The molecule has 0 aliphatic rings. The normalized spacial score (nSPS) is 14.0. The van der Waals surface area contributed by atoms with Gasteiger partial charge in [-0.15, -0.1) is 0 Å². The summed E-state index contributed by atoms with van der Waals surface area (Å²) in [6.07, 6.45) is 2.20. The predicted octanol–water partition coefficient (Wildman–Crippen LogP) is 2.44. The SMILES string of the molecule is CCO[C@H](CC/C=C/C(=O)NO)[C@H](O)c1cc(Br)ccc1O. The fourth-order valence-corrected chi connectivity index (χ4v) is 2.38. The molecule has 1 aromatic carbocycles. The van der Waals surface area contributed by atoms with E-state index in [9.17, 15) is 15.0 Å². The Morgan fingerprint density at radius 1 is 1.50 bits per heavy atom. The summed E-state index contributed by atoms with van der Waals surface area (Å²) in [7, 11) is 0. The summed E-state index contributed by atoms with van der Waals surface area (Å²) in [5.74, 6) is -0.617. The summed E-state index contributed by atoms with van der Waals surface area (Å²) in [5.41, 5.74) is 1.88. The van der Waals surface area contributed by atoms with Crippen molar-refractivity contribution in [3.8, 4) is 5.75 Å². The highest BCUT2D eigenvalue weighted by atomic mass is 79.9. The molecule has 0 aliphatic carbocycles. The van der Waals surface area contributed by atoms with E-state index in [0.29, 0.717) is 25.0 Å². The first-order chi connectivity index (χ1) is 10.5. The van der Waals surface area contributed by atoms with Gasteiger partial charge in [0.2, 0.25) is 0 Å². The van der Waals surface area contributed by atoms with Gasteiger partial charge in [-0.05, 0) is 38.0 Å². The molecule has 0 aromatic heterocycles. The molecule has 1 rings (SSSR count). The summed E-state index contributed by atoms with van der Waals surface area (Å²) in [5, 5.41) is 28.7. The van der Waals surface area contributed by atoms with Crippen LogP contribution in [0.15, 0.2) is 34.8 Å². The van der Waals surface area contributed by atoms with Crippen LogP contribution in [-0.4, -0.2) is 34.0 Å². The second-order valence-electron chi connectivity index (χ2n) is 4.60. The summed E-state index contributed by atoms with van der Waals surface area (Å²) < 4.78 is 6.27. The predicted molar refractivity (Wildman–Crippen MR) is 84.5 cm³/mol. The van der Waals surface area contributed by atoms with Gasteiger partial charge in [0.1, 0.15) is 11.9 Å². The van der Waals surface area contributed by atoms with Gasteiger partial charge in [0.05, 0.1) is 6.10 Å². The highest BCUT2D eigenvalue weighted by Gasteiger charge is 2.23. The molecule has 0 spiro atoms. The number of aliphatic hydroxyl groups excluding tert-OH is 1. The molecule has 0 saturated heterocycles. The molecule has 0 bridgehead atoms. The van der Waals surface area contributed by atoms with Crippen molar-refractivity contribution in [2.75, 3.05) is 6.61 Å². The second kappa shape index (κ2) is 9.58. The van der Waals surface area contributed by atoms with Crippen LogP contribution >= 0.6 is 15.9 Å². The highest BCUT2D eigenvalue weighted by molar-refractivity contribution is 9.10. The lowest BCUT2D eigenvalue weighted by atomic mass is 9.99. The third-order valence-electron chi connectivity index (χ3n) is 3.04. The van der Waals surface area contributed by atoms with Gasteiger partial charge < -0.3 is 14.9 Å². The van der Waals surface area contributed by atoms with Crippen LogP contribution in [0, 0.1) is 0 Å². The number of hydrogen-bond acceptors (Lipinski definition) is 5. The van der Waals surface area contributed by atoms with Gasteiger partial charge in [0.15, 0.2) is 0 Å². The van der Waals surface area contributed by atoms with Gasteiger partial charge in [0, 0.05) is 22.7 Å². The Balaban J connectivity index is 2.74. The zero-order valence-corrected chi connectivity index (χ0v) is 13.8. The van der Waals surface area contributed by atoms with Crippen molar-refractivity contribution in [3.63, 3.8) is 0 Å². The molecule has 22 heavy (non-hydrogen) atoms. The van der Waals surface area contributed by atoms with Crippen molar-refractivity contribution < 1.29 is 25.0 Å². The van der Waals surface area contributed by atoms with Crippen LogP contribution in [-0.2, 0) is 9.53 Å². The number of benzene rings is 1. The molecule has 0 aliphatic heterocycles. The fraction of sp³-hybridized carbons (Fsp3) is 0.400. The minimum absolute atomic E-state index is 0.00407.